The molecule has 1 fully saturated rings. The van der Waals surface area contributed by atoms with Crippen molar-refractivity contribution in [1.29, 1.82) is 0 Å². The molecule has 3 nitrogen and oxygen atoms in total. The van der Waals surface area contributed by atoms with Crippen LogP contribution in [0.25, 0.3) is 0 Å². The Bertz CT molecular complexity index is 705. The molecule has 0 bridgehead atoms. The fourth-order valence-electron chi connectivity index (χ4n) is 2.73. The van der Waals surface area contributed by atoms with Crippen LogP contribution in [0.3, 0.4) is 0 Å². The summed E-state index contributed by atoms with van der Waals surface area (Å²) in [4.78, 5) is 2.46. The zero-order valence-electron chi connectivity index (χ0n) is 13.8. The van der Waals surface area contributed by atoms with Gasteiger partial charge in [-0.1, -0.05) is 65.2 Å². The highest BCUT2D eigenvalue weighted by Gasteiger charge is 2.15. The van der Waals surface area contributed by atoms with Gasteiger partial charge in [-0.25, -0.2) is 0 Å². The first-order chi connectivity index (χ1) is 11.6. The summed E-state index contributed by atoms with van der Waals surface area (Å²) in [6.45, 7) is 6.97. The zero-order valence-corrected chi connectivity index (χ0v) is 15.3. The van der Waals surface area contributed by atoms with Crippen LogP contribution in [0.5, 0.6) is 0 Å². The molecular weight excluding hydrogens is 341 g/mol. The van der Waals surface area contributed by atoms with Gasteiger partial charge in [0.2, 0.25) is 0 Å². The van der Waals surface area contributed by atoms with Gasteiger partial charge in [0, 0.05) is 38.3 Å². The Labute approximate surface area is 153 Å². The number of benzene rings is 2. The van der Waals surface area contributed by atoms with Crippen LogP contribution in [-0.2, 0) is 6.54 Å². The molecular formula is C19H21Cl2N3. The van der Waals surface area contributed by atoms with E-state index in [1.54, 1.807) is 12.3 Å². The Hall–Kier alpha value is -1.55. The first-order valence-corrected chi connectivity index (χ1v) is 8.88. The Morgan fingerprint density at radius 3 is 2.42 bits per heavy atom. The standard InChI is InChI=1S/C19H21Cl2N3/c1-15-5-7-16(8-6-15)14-23-9-11-24(12-10-23)22-13-17-3-2-4-18(20)19(17)21/h2-8,13H,9-12,14H2,1H3/b22-13+. The molecule has 0 unspecified atom stereocenters. The topological polar surface area (TPSA) is 18.8 Å². The van der Waals surface area contributed by atoms with E-state index in [-0.39, 0.29) is 0 Å². The van der Waals surface area contributed by atoms with E-state index in [2.05, 4.69) is 46.2 Å². The minimum absolute atomic E-state index is 0.556. The lowest BCUT2D eigenvalue weighted by Gasteiger charge is -2.33. The second kappa shape index (κ2) is 8.02. The minimum Gasteiger partial charge on any atom is -0.295 e. The monoisotopic (exact) mass is 361 g/mol. The van der Waals surface area contributed by atoms with Crippen LogP contribution in [0.15, 0.2) is 47.6 Å². The molecule has 0 amide bonds. The fraction of sp³-hybridized carbons (Fsp3) is 0.316. The van der Waals surface area contributed by atoms with Gasteiger partial charge < -0.3 is 0 Å². The predicted molar refractivity (Wildman–Crippen MR) is 102 cm³/mol. The smallest absolute Gasteiger partial charge is 0.0680 e. The maximum Gasteiger partial charge on any atom is 0.0680 e. The number of piperazine rings is 1. The Morgan fingerprint density at radius 1 is 1.00 bits per heavy atom. The second-order valence-electron chi connectivity index (χ2n) is 6.10. The van der Waals surface area contributed by atoms with Crippen LogP contribution in [0.2, 0.25) is 10.0 Å². The van der Waals surface area contributed by atoms with E-state index < -0.39 is 0 Å². The van der Waals surface area contributed by atoms with Crippen LogP contribution in [0, 0.1) is 6.92 Å². The van der Waals surface area contributed by atoms with Crippen LogP contribution in [0.1, 0.15) is 16.7 Å². The van der Waals surface area contributed by atoms with Gasteiger partial charge in [0.25, 0.3) is 0 Å². The van der Waals surface area contributed by atoms with Crippen molar-refractivity contribution in [3.8, 4) is 0 Å². The molecule has 0 radical (unpaired) electrons. The molecule has 0 atom stereocenters. The molecule has 2 aromatic carbocycles. The van der Waals surface area contributed by atoms with Gasteiger partial charge in [0.15, 0.2) is 0 Å². The normalized spacial score (nSPS) is 16.0. The molecule has 0 saturated carbocycles. The minimum atomic E-state index is 0.556. The third-order valence-corrected chi connectivity index (χ3v) is 5.05. The van der Waals surface area contributed by atoms with E-state index in [1.807, 2.05) is 12.1 Å². The third-order valence-electron chi connectivity index (χ3n) is 4.22. The van der Waals surface area contributed by atoms with E-state index in [0.717, 1.165) is 38.3 Å². The first-order valence-electron chi connectivity index (χ1n) is 8.12. The average Bonchev–Trinajstić information content (AvgIpc) is 2.59. The Morgan fingerprint density at radius 2 is 1.71 bits per heavy atom. The molecule has 126 valence electrons. The van der Waals surface area contributed by atoms with Gasteiger partial charge in [-0.15, -0.1) is 0 Å². The lowest BCUT2D eigenvalue weighted by Crippen LogP contribution is -2.43. The Balaban J connectivity index is 1.52. The number of halogens is 2. The fourth-order valence-corrected chi connectivity index (χ4v) is 3.08. The summed E-state index contributed by atoms with van der Waals surface area (Å²) in [7, 11) is 0. The molecule has 2 aromatic rings. The maximum atomic E-state index is 6.19. The Kier molecular flexibility index (Phi) is 5.77. The van der Waals surface area contributed by atoms with E-state index >= 15 is 0 Å². The molecule has 0 aromatic heterocycles. The highest BCUT2D eigenvalue weighted by Crippen LogP contribution is 2.24. The molecule has 0 aliphatic carbocycles. The number of rotatable bonds is 4. The molecule has 24 heavy (non-hydrogen) atoms. The lowest BCUT2D eigenvalue weighted by molar-refractivity contribution is 0.131. The zero-order chi connectivity index (χ0) is 16.9. The molecule has 0 spiro atoms. The average molecular weight is 362 g/mol. The van der Waals surface area contributed by atoms with Crippen molar-refractivity contribution in [2.24, 2.45) is 5.10 Å². The van der Waals surface area contributed by atoms with Crippen LogP contribution in [-0.4, -0.2) is 42.3 Å². The van der Waals surface area contributed by atoms with E-state index in [1.165, 1.54) is 11.1 Å². The summed E-state index contributed by atoms with van der Waals surface area (Å²) in [5.41, 5.74) is 3.52. The second-order valence-corrected chi connectivity index (χ2v) is 6.89. The molecule has 5 heteroatoms. The third kappa shape index (κ3) is 4.50. The molecule has 0 N–H and O–H groups in total. The van der Waals surface area contributed by atoms with Gasteiger partial charge in [-0.3, -0.25) is 9.91 Å². The number of hydrazone groups is 1. The summed E-state index contributed by atoms with van der Waals surface area (Å²) in [6, 6.07) is 14.3. The van der Waals surface area contributed by atoms with E-state index in [0.29, 0.717) is 10.0 Å². The van der Waals surface area contributed by atoms with Crippen LogP contribution >= 0.6 is 23.2 Å². The van der Waals surface area contributed by atoms with Crippen molar-refractivity contribution in [3.63, 3.8) is 0 Å². The van der Waals surface area contributed by atoms with Gasteiger partial charge in [0.05, 0.1) is 16.3 Å². The van der Waals surface area contributed by atoms with Crippen molar-refractivity contribution in [2.75, 3.05) is 26.2 Å². The van der Waals surface area contributed by atoms with Crippen molar-refractivity contribution >= 4 is 29.4 Å². The van der Waals surface area contributed by atoms with Gasteiger partial charge in [-0.2, -0.15) is 5.10 Å². The number of aryl methyl sites for hydroxylation is 1. The highest BCUT2D eigenvalue weighted by molar-refractivity contribution is 6.43. The number of nitrogens with zero attached hydrogens (tertiary/aromatic N) is 3. The highest BCUT2D eigenvalue weighted by atomic mass is 35.5. The van der Waals surface area contributed by atoms with Gasteiger partial charge >= 0.3 is 0 Å². The maximum absolute atomic E-state index is 6.19. The van der Waals surface area contributed by atoms with Crippen molar-refractivity contribution in [1.82, 2.24) is 9.91 Å². The molecule has 1 aliphatic heterocycles. The summed E-state index contributed by atoms with van der Waals surface area (Å²) in [5, 5.41) is 7.75. The summed E-state index contributed by atoms with van der Waals surface area (Å²) in [5.74, 6) is 0. The summed E-state index contributed by atoms with van der Waals surface area (Å²) in [6.07, 6.45) is 1.80. The number of hydrogen-bond acceptors (Lipinski definition) is 3. The molecule has 1 heterocycles. The molecule has 3 rings (SSSR count). The molecule has 1 aliphatic rings. The predicted octanol–water partition coefficient (Wildman–Crippen LogP) is 4.45. The lowest BCUT2D eigenvalue weighted by atomic mass is 10.1. The SMILES string of the molecule is Cc1ccc(CN2CCN(/N=C/c3cccc(Cl)c3Cl)CC2)cc1. The van der Waals surface area contributed by atoms with Crippen molar-refractivity contribution in [2.45, 2.75) is 13.5 Å². The van der Waals surface area contributed by atoms with Gasteiger partial charge in [0.1, 0.15) is 0 Å². The first kappa shape index (κ1) is 17.3. The number of hydrogen-bond donors (Lipinski definition) is 0. The van der Waals surface area contributed by atoms with Crippen LogP contribution < -0.4 is 0 Å². The summed E-state index contributed by atoms with van der Waals surface area (Å²) >= 11 is 12.2. The van der Waals surface area contributed by atoms with Crippen molar-refractivity contribution in [3.05, 3.63) is 69.2 Å². The molecule has 1 saturated heterocycles. The van der Waals surface area contributed by atoms with Crippen LogP contribution in [0.4, 0.5) is 0 Å². The largest absolute Gasteiger partial charge is 0.295 e. The quantitative estimate of drug-likeness (QED) is 0.749. The van der Waals surface area contributed by atoms with E-state index in [4.69, 9.17) is 23.2 Å². The summed E-state index contributed by atoms with van der Waals surface area (Å²) < 4.78 is 0. The van der Waals surface area contributed by atoms with Crippen molar-refractivity contribution < 1.29 is 0 Å². The van der Waals surface area contributed by atoms with E-state index in [9.17, 15) is 0 Å². The van der Waals surface area contributed by atoms with Gasteiger partial charge in [-0.05, 0) is 18.6 Å².